The lowest BCUT2D eigenvalue weighted by Crippen LogP contribution is -2.12. The SMILES string of the molecule is CC(Nc1nc2cc(N(C)c3ccnc(Nc4ccc(CCS(C)(=O)=O)cc4)n3)ccc2n1C)c1ccccc1. The summed E-state index contributed by atoms with van der Waals surface area (Å²) < 4.78 is 24.9. The van der Waals surface area contributed by atoms with Crippen LogP contribution in [-0.2, 0) is 23.3 Å². The number of hydrogen-bond donors (Lipinski definition) is 2. The topological polar surface area (TPSA) is 105 Å². The lowest BCUT2D eigenvalue weighted by Gasteiger charge is -2.19. The van der Waals surface area contributed by atoms with Gasteiger partial charge in [0, 0.05) is 37.9 Å². The minimum atomic E-state index is -2.99. The molecule has 10 heteroatoms. The zero-order valence-electron chi connectivity index (χ0n) is 23.0. The first-order chi connectivity index (χ1) is 19.2. The van der Waals surface area contributed by atoms with Gasteiger partial charge in [-0.3, -0.25) is 0 Å². The summed E-state index contributed by atoms with van der Waals surface area (Å²) in [6.07, 6.45) is 3.45. The highest BCUT2D eigenvalue weighted by Crippen LogP contribution is 2.29. The molecule has 0 spiro atoms. The van der Waals surface area contributed by atoms with E-state index in [1.54, 1.807) is 6.20 Å². The van der Waals surface area contributed by atoms with Crippen molar-refractivity contribution in [2.24, 2.45) is 7.05 Å². The minimum absolute atomic E-state index is 0.120. The maximum atomic E-state index is 11.4. The standard InChI is InChI=1S/C30H33N7O2S/c1-21(23-8-6-5-7-9-23)32-30-34-26-20-25(14-15-27(26)37(30)3)36(2)28-16-18-31-29(35-28)33-24-12-10-22(11-13-24)17-19-40(4,38)39/h5-16,18,20-21H,17,19H2,1-4H3,(H,32,34)(H,31,33,35). The van der Waals surface area contributed by atoms with Crippen molar-refractivity contribution >= 4 is 50.0 Å². The summed E-state index contributed by atoms with van der Waals surface area (Å²) in [5.74, 6) is 2.13. The lowest BCUT2D eigenvalue weighted by atomic mass is 10.1. The van der Waals surface area contributed by atoms with Gasteiger partial charge in [0.15, 0.2) is 0 Å². The Kier molecular flexibility index (Phi) is 7.70. The molecule has 0 saturated heterocycles. The second-order valence-corrected chi connectivity index (χ2v) is 12.2. The summed E-state index contributed by atoms with van der Waals surface area (Å²) in [5.41, 5.74) is 5.85. The zero-order chi connectivity index (χ0) is 28.3. The Morgan fingerprint density at radius 2 is 1.73 bits per heavy atom. The molecule has 40 heavy (non-hydrogen) atoms. The monoisotopic (exact) mass is 555 g/mol. The van der Waals surface area contributed by atoms with Crippen LogP contribution in [0.3, 0.4) is 0 Å². The summed E-state index contributed by atoms with van der Waals surface area (Å²) in [4.78, 5) is 15.9. The number of aromatic nitrogens is 4. The molecule has 0 saturated carbocycles. The predicted molar refractivity (Wildman–Crippen MR) is 162 cm³/mol. The summed E-state index contributed by atoms with van der Waals surface area (Å²) in [6, 6.07) is 26.1. The van der Waals surface area contributed by atoms with E-state index in [9.17, 15) is 8.42 Å². The number of imidazole rings is 1. The molecule has 0 fully saturated rings. The summed E-state index contributed by atoms with van der Waals surface area (Å²) in [5, 5.41) is 6.76. The van der Waals surface area contributed by atoms with Gasteiger partial charge in [-0.25, -0.2) is 18.4 Å². The van der Waals surface area contributed by atoms with Crippen molar-refractivity contribution in [3.8, 4) is 0 Å². The highest BCUT2D eigenvalue weighted by molar-refractivity contribution is 7.90. The van der Waals surface area contributed by atoms with Gasteiger partial charge in [-0.05, 0) is 60.9 Å². The number of nitrogens with one attached hydrogen (secondary N) is 2. The van der Waals surface area contributed by atoms with E-state index in [0.29, 0.717) is 12.4 Å². The third-order valence-corrected chi connectivity index (χ3v) is 7.80. The molecular weight excluding hydrogens is 522 g/mol. The van der Waals surface area contributed by atoms with Crippen molar-refractivity contribution in [2.75, 3.05) is 34.6 Å². The molecule has 0 aliphatic carbocycles. The van der Waals surface area contributed by atoms with E-state index in [-0.39, 0.29) is 11.8 Å². The maximum Gasteiger partial charge on any atom is 0.229 e. The van der Waals surface area contributed by atoms with Crippen molar-refractivity contribution in [1.29, 1.82) is 0 Å². The van der Waals surface area contributed by atoms with Crippen LogP contribution < -0.4 is 15.5 Å². The molecule has 2 aromatic heterocycles. The third kappa shape index (κ3) is 6.40. The number of sulfone groups is 1. The molecule has 0 radical (unpaired) electrons. The normalized spacial score (nSPS) is 12.3. The molecule has 0 amide bonds. The Morgan fingerprint density at radius 3 is 2.45 bits per heavy atom. The fourth-order valence-corrected chi connectivity index (χ4v) is 5.07. The Balaban J connectivity index is 1.30. The van der Waals surface area contributed by atoms with Gasteiger partial charge in [0.2, 0.25) is 11.9 Å². The van der Waals surface area contributed by atoms with E-state index in [4.69, 9.17) is 9.97 Å². The first-order valence-electron chi connectivity index (χ1n) is 13.0. The molecule has 5 aromatic rings. The molecule has 2 heterocycles. The van der Waals surface area contributed by atoms with Gasteiger partial charge in [0.05, 0.1) is 22.8 Å². The average molecular weight is 556 g/mol. The molecule has 0 aliphatic rings. The van der Waals surface area contributed by atoms with Gasteiger partial charge in [-0.1, -0.05) is 42.5 Å². The van der Waals surface area contributed by atoms with Crippen LogP contribution in [0.25, 0.3) is 11.0 Å². The number of hydrogen-bond acceptors (Lipinski definition) is 8. The van der Waals surface area contributed by atoms with Crippen LogP contribution in [0.4, 0.5) is 29.1 Å². The van der Waals surface area contributed by atoms with Gasteiger partial charge in [-0.15, -0.1) is 0 Å². The van der Waals surface area contributed by atoms with Crippen LogP contribution >= 0.6 is 0 Å². The summed E-state index contributed by atoms with van der Waals surface area (Å²) in [7, 11) is 0.981. The quantitative estimate of drug-likeness (QED) is 0.228. The molecule has 9 nitrogen and oxygen atoms in total. The Labute approximate surface area is 234 Å². The first kappa shape index (κ1) is 27.1. The molecule has 0 aliphatic heterocycles. The molecule has 2 N–H and O–H groups in total. The van der Waals surface area contributed by atoms with Gasteiger partial charge in [-0.2, -0.15) is 4.98 Å². The molecule has 5 rings (SSSR count). The van der Waals surface area contributed by atoms with Gasteiger partial charge >= 0.3 is 0 Å². The fourth-order valence-electron chi connectivity index (χ4n) is 4.46. The molecule has 3 aromatic carbocycles. The molecule has 1 atom stereocenters. The summed E-state index contributed by atoms with van der Waals surface area (Å²) in [6.45, 7) is 2.13. The molecule has 0 bridgehead atoms. The van der Waals surface area contributed by atoms with Gasteiger partial charge in [0.25, 0.3) is 0 Å². The highest BCUT2D eigenvalue weighted by Gasteiger charge is 2.14. The van der Waals surface area contributed by atoms with E-state index >= 15 is 0 Å². The summed E-state index contributed by atoms with van der Waals surface area (Å²) >= 11 is 0. The van der Waals surface area contributed by atoms with Gasteiger partial charge < -0.3 is 20.1 Å². The van der Waals surface area contributed by atoms with Crippen molar-refractivity contribution in [3.05, 3.63) is 96.2 Å². The fraction of sp³-hybridized carbons (Fsp3) is 0.233. The number of aryl methyl sites for hydroxylation is 2. The van der Waals surface area contributed by atoms with Crippen LogP contribution in [0, 0.1) is 0 Å². The Morgan fingerprint density at radius 1 is 0.975 bits per heavy atom. The smallest absolute Gasteiger partial charge is 0.229 e. The van der Waals surface area contributed by atoms with E-state index in [1.165, 1.54) is 11.8 Å². The first-order valence-corrected chi connectivity index (χ1v) is 15.1. The Hall–Kier alpha value is -4.44. The third-order valence-electron chi connectivity index (χ3n) is 6.85. The number of nitrogens with zero attached hydrogens (tertiary/aromatic N) is 5. The lowest BCUT2D eigenvalue weighted by molar-refractivity contribution is 0.601. The molecule has 1 unspecified atom stereocenters. The van der Waals surface area contributed by atoms with E-state index in [2.05, 4.69) is 57.4 Å². The van der Waals surface area contributed by atoms with Crippen molar-refractivity contribution in [2.45, 2.75) is 19.4 Å². The van der Waals surface area contributed by atoms with Crippen LogP contribution in [0.15, 0.2) is 85.1 Å². The van der Waals surface area contributed by atoms with Gasteiger partial charge in [0.1, 0.15) is 15.7 Å². The highest BCUT2D eigenvalue weighted by atomic mass is 32.2. The maximum absolute atomic E-state index is 11.4. The molecule has 206 valence electrons. The second-order valence-electron chi connectivity index (χ2n) is 9.94. The number of anilines is 5. The van der Waals surface area contributed by atoms with Crippen molar-refractivity contribution in [1.82, 2.24) is 19.5 Å². The Bertz CT molecular complexity index is 1720. The minimum Gasteiger partial charge on any atom is -0.349 e. The second kappa shape index (κ2) is 11.4. The van der Waals surface area contributed by atoms with Crippen molar-refractivity contribution < 1.29 is 8.42 Å². The van der Waals surface area contributed by atoms with Crippen LogP contribution in [0.1, 0.15) is 24.1 Å². The van der Waals surface area contributed by atoms with Crippen LogP contribution in [-0.4, -0.2) is 47.0 Å². The number of fused-ring (bicyclic) bond motifs is 1. The zero-order valence-corrected chi connectivity index (χ0v) is 23.9. The molecular formula is C30H33N7O2S. The van der Waals surface area contributed by atoms with Crippen LogP contribution in [0.2, 0.25) is 0 Å². The van der Waals surface area contributed by atoms with Crippen LogP contribution in [0.5, 0.6) is 0 Å². The van der Waals surface area contributed by atoms with E-state index < -0.39 is 9.84 Å². The predicted octanol–water partition coefficient (Wildman–Crippen LogP) is 5.64. The van der Waals surface area contributed by atoms with E-state index in [1.807, 2.05) is 67.5 Å². The van der Waals surface area contributed by atoms with Crippen molar-refractivity contribution in [3.63, 3.8) is 0 Å². The number of rotatable bonds is 10. The largest absolute Gasteiger partial charge is 0.349 e. The van der Waals surface area contributed by atoms with E-state index in [0.717, 1.165) is 39.7 Å². The average Bonchev–Trinajstić information content (AvgIpc) is 3.26. The number of benzene rings is 3.